The zero-order valence-electron chi connectivity index (χ0n) is 18.9. The van der Waals surface area contributed by atoms with E-state index < -0.39 is 5.60 Å². The summed E-state index contributed by atoms with van der Waals surface area (Å²) >= 11 is 3.44. The number of benzene rings is 1. The van der Waals surface area contributed by atoms with Crippen molar-refractivity contribution in [2.24, 2.45) is 11.8 Å². The highest BCUT2D eigenvalue weighted by molar-refractivity contribution is 9.10. The number of fused-ring (bicyclic) bond motifs is 3. The molecule has 1 saturated heterocycles. The molecule has 5 nitrogen and oxygen atoms in total. The topological polar surface area (TPSA) is 59.6 Å². The second kappa shape index (κ2) is 9.65. The Hall–Kier alpha value is -1.70. The Morgan fingerprint density at radius 1 is 1.31 bits per heavy atom. The Balaban J connectivity index is 1.47. The van der Waals surface area contributed by atoms with Gasteiger partial charge in [0.05, 0.1) is 24.4 Å². The van der Waals surface area contributed by atoms with E-state index in [2.05, 4.69) is 50.9 Å². The highest BCUT2D eigenvalue weighted by atomic mass is 79.9. The van der Waals surface area contributed by atoms with Gasteiger partial charge in [0.25, 0.3) is 0 Å². The molecule has 4 rings (SSSR count). The van der Waals surface area contributed by atoms with Gasteiger partial charge in [-0.05, 0) is 52.2 Å². The van der Waals surface area contributed by atoms with E-state index in [1.807, 2.05) is 26.8 Å². The van der Waals surface area contributed by atoms with Crippen LogP contribution in [0.2, 0.25) is 0 Å². The van der Waals surface area contributed by atoms with Crippen LogP contribution in [0.4, 0.5) is 10.1 Å². The third-order valence-corrected chi connectivity index (χ3v) is 6.71. The van der Waals surface area contributed by atoms with Crippen LogP contribution in [0.3, 0.4) is 0 Å². The van der Waals surface area contributed by atoms with E-state index in [1.165, 1.54) is 6.07 Å². The average molecular weight is 507 g/mol. The molecular weight excluding hydrogens is 475 g/mol. The lowest BCUT2D eigenvalue weighted by Crippen LogP contribution is -2.48. The number of halogens is 2. The summed E-state index contributed by atoms with van der Waals surface area (Å²) in [6.45, 7) is 6.27. The van der Waals surface area contributed by atoms with Gasteiger partial charge >= 0.3 is 5.97 Å². The second-order valence-corrected chi connectivity index (χ2v) is 10.8. The molecule has 5 atom stereocenters. The molecule has 2 heterocycles. The predicted octanol–water partition coefficient (Wildman–Crippen LogP) is 5.28. The van der Waals surface area contributed by atoms with E-state index in [1.54, 1.807) is 0 Å². The van der Waals surface area contributed by atoms with E-state index in [4.69, 9.17) is 9.47 Å². The van der Waals surface area contributed by atoms with Crippen LogP contribution in [-0.4, -0.2) is 36.8 Å². The summed E-state index contributed by atoms with van der Waals surface area (Å²) in [4.78, 5) is 12.0. The molecule has 2 N–H and O–H groups in total. The fraction of sp³-hybridized carbons (Fsp3) is 0.560. The number of hydrogen-bond donors (Lipinski definition) is 2. The average Bonchev–Trinajstić information content (AvgIpc) is 2.72. The molecule has 0 aromatic heterocycles. The molecule has 32 heavy (non-hydrogen) atoms. The maximum Gasteiger partial charge on any atom is 0.320 e. The lowest BCUT2D eigenvalue weighted by molar-refractivity contribution is -0.153. The van der Waals surface area contributed by atoms with Gasteiger partial charge in [-0.15, -0.1) is 0 Å². The number of anilines is 1. The summed E-state index contributed by atoms with van der Waals surface area (Å²) in [7, 11) is 0. The van der Waals surface area contributed by atoms with Crippen LogP contribution in [0.15, 0.2) is 40.9 Å². The molecule has 174 valence electrons. The van der Waals surface area contributed by atoms with Crippen molar-refractivity contribution in [2.45, 2.75) is 63.9 Å². The molecule has 2 aliphatic heterocycles. The first-order valence-corrected chi connectivity index (χ1v) is 12.2. The zero-order chi connectivity index (χ0) is 22.9. The van der Waals surface area contributed by atoms with Crippen LogP contribution in [0.25, 0.3) is 0 Å². The predicted molar refractivity (Wildman–Crippen MR) is 127 cm³/mol. The number of rotatable bonds is 5. The van der Waals surface area contributed by atoms with Gasteiger partial charge in [0.1, 0.15) is 11.4 Å². The first-order chi connectivity index (χ1) is 15.2. The SMILES string of the molecule is CC(C)(C)OC(=O)CNC[C@H]1CC[C@@H]2[C@H](O1)c1cc(Br)cc(F)c1N[C@H]2C1C=CC=CC1. The first-order valence-electron chi connectivity index (χ1n) is 11.4. The lowest BCUT2D eigenvalue weighted by atomic mass is 9.73. The Labute approximate surface area is 197 Å². The number of carbonyl (C=O) groups is 1. The van der Waals surface area contributed by atoms with Crippen molar-refractivity contribution in [1.82, 2.24) is 5.32 Å². The molecule has 1 unspecified atom stereocenters. The van der Waals surface area contributed by atoms with Gasteiger partial charge in [0, 0.05) is 34.5 Å². The summed E-state index contributed by atoms with van der Waals surface area (Å²) in [5.41, 5.74) is 0.913. The molecular formula is C25H32BrFN2O3. The van der Waals surface area contributed by atoms with Crippen LogP contribution in [0, 0.1) is 17.7 Å². The number of nitrogens with one attached hydrogen (secondary N) is 2. The minimum atomic E-state index is -0.499. The van der Waals surface area contributed by atoms with Crippen molar-refractivity contribution in [3.63, 3.8) is 0 Å². The van der Waals surface area contributed by atoms with Gasteiger partial charge in [-0.2, -0.15) is 0 Å². The molecule has 0 saturated carbocycles. The molecule has 0 spiro atoms. The summed E-state index contributed by atoms with van der Waals surface area (Å²) in [6, 6.07) is 3.58. The highest BCUT2D eigenvalue weighted by Gasteiger charge is 2.44. The molecule has 0 amide bonds. The molecule has 1 fully saturated rings. The molecule has 0 bridgehead atoms. The number of esters is 1. The van der Waals surface area contributed by atoms with Gasteiger partial charge in [-0.25, -0.2) is 4.39 Å². The molecule has 7 heteroatoms. The van der Waals surface area contributed by atoms with Crippen LogP contribution in [-0.2, 0) is 14.3 Å². The van der Waals surface area contributed by atoms with E-state index in [0.717, 1.165) is 24.8 Å². The van der Waals surface area contributed by atoms with Gasteiger partial charge in [-0.1, -0.05) is 40.2 Å². The minimum Gasteiger partial charge on any atom is -0.459 e. The van der Waals surface area contributed by atoms with Crippen molar-refractivity contribution < 1.29 is 18.7 Å². The lowest BCUT2D eigenvalue weighted by Gasteiger charge is -2.47. The Kier molecular flexibility index (Phi) is 7.08. The first kappa shape index (κ1) is 23.5. The summed E-state index contributed by atoms with van der Waals surface area (Å²) in [5.74, 6) is 0.0112. The maximum absolute atomic E-state index is 14.9. The van der Waals surface area contributed by atoms with Crippen molar-refractivity contribution in [3.05, 3.63) is 52.3 Å². The van der Waals surface area contributed by atoms with Crippen molar-refractivity contribution in [2.75, 3.05) is 18.4 Å². The molecule has 3 aliphatic rings. The van der Waals surface area contributed by atoms with E-state index in [-0.39, 0.29) is 42.5 Å². The summed E-state index contributed by atoms with van der Waals surface area (Å²) in [5, 5.41) is 6.69. The fourth-order valence-electron chi connectivity index (χ4n) is 4.98. The third kappa shape index (κ3) is 5.43. The van der Waals surface area contributed by atoms with Gasteiger partial charge < -0.3 is 20.1 Å². The summed E-state index contributed by atoms with van der Waals surface area (Å²) < 4.78 is 27.5. The molecule has 1 aromatic carbocycles. The van der Waals surface area contributed by atoms with Gasteiger partial charge in [0.15, 0.2) is 0 Å². The second-order valence-electron chi connectivity index (χ2n) is 9.87. The Morgan fingerprint density at radius 2 is 2.12 bits per heavy atom. The number of allylic oxidation sites excluding steroid dienone is 3. The van der Waals surface area contributed by atoms with E-state index in [0.29, 0.717) is 22.6 Å². The quantitative estimate of drug-likeness (QED) is 0.531. The normalized spacial score (nSPS) is 29.1. The van der Waals surface area contributed by atoms with Crippen molar-refractivity contribution in [3.8, 4) is 0 Å². The van der Waals surface area contributed by atoms with Gasteiger partial charge in [0.2, 0.25) is 0 Å². The smallest absolute Gasteiger partial charge is 0.320 e. The molecule has 1 aromatic rings. The van der Waals surface area contributed by atoms with Gasteiger partial charge in [-0.3, -0.25) is 4.79 Å². The van der Waals surface area contributed by atoms with Crippen molar-refractivity contribution in [1.29, 1.82) is 0 Å². The van der Waals surface area contributed by atoms with E-state index in [9.17, 15) is 9.18 Å². The van der Waals surface area contributed by atoms with Crippen LogP contribution in [0.1, 0.15) is 51.7 Å². The maximum atomic E-state index is 14.9. The Bertz CT molecular complexity index is 911. The number of ether oxygens (including phenoxy) is 2. The number of carbonyl (C=O) groups excluding carboxylic acids is 1. The van der Waals surface area contributed by atoms with Crippen LogP contribution in [0.5, 0.6) is 0 Å². The molecule has 0 radical (unpaired) electrons. The number of hydrogen-bond acceptors (Lipinski definition) is 5. The highest BCUT2D eigenvalue weighted by Crippen LogP contribution is 2.49. The van der Waals surface area contributed by atoms with Crippen LogP contribution < -0.4 is 10.6 Å². The summed E-state index contributed by atoms with van der Waals surface area (Å²) in [6.07, 6.45) is 11.1. The van der Waals surface area contributed by atoms with E-state index >= 15 is 0 Å². The molecule has 1 aliphatic carbocycles. The largest absolute Gasteiger partial charge is 0.459 e. The monoisotopic (exact) mass is 506 g/mol. The third-order valence-electron chi connectivity index (χ3n) is 6.25. The van der Waals surface area contributed by atoms with Crippen LogP contribution >= 0.6 is 15.9 Å². The van der Waals surface area contributed by atoms with Crippen molar-refractivity contribution >= 4 is 27.6 Å². The standard InChI is InChI=1S/C25H32BrFN2O3/c1-25(2,3)32-21(30)14-28-13-17-9-10-18-22(15-7-5-4-6-8-15)29-23-19(24(18)31-17)11-16(26)12-20(23)27/h4-7,11-12,15,17-18,22,24,28-29H,8-10,13-14H2,1-3H3/t15?,17-,18+,22+,24+/m1/s1. The Morgan fingerprint density at radius 3 is 2.84 bits per heavy atom. The fourth-order valence-corrected chi connectivity index (χ4v) is 5.42. The minimum absolute atomic E-state index is 0.0471. The zero-order valence-corrected chi connectivity index (χ0v) is 20.5.